The summed E-state index contributed by atoms with van der Waals surface area (Å²) in [6.45, 7) is 2.40. The van der Waals surface area contributed by atoms with E-state index < -0.39 is 9.84 Å². The molecule has 1 aliphatic heterocycles. The summed E-state index contributed by atoms with van der Waals surface area (Å²) >= 11 is 5.29. The number of H-pyrrole nitrogens is 1. The lowest BCUT2D eigenvalue weighted by Gasteiger charge is -2.23. The number of hydrogen-bond donors (Lipinski definition) is 1. The molecule has 1 aromatic carbocycles. The van der Waals surface area contributed by atoms with Crippen LogP contribution < -0.4 is 0 Å². The largest absolute Gasteiger partial charge is 0.342 e. The van der Waals surface area contributed by atoms with Crippen LogP contribution in [-0.2, 0) is 21.2 Å². The molecule has 3 rings (SSSR count). The van der Waals surface area contributed by atoms with Crippen molar-refractivity contribution < 1.29 is 13.2 Å². The highest BCUT2D eigenvalue weighted by molar-refractivity contribution is 7.91. The molecule has 1 saturated heterocycles. The van der Waals surface area contributed by atoms with Crippen molar-refractivity contribution in [3.05, 3.63) is 34.6 Å². The second kappa shape index (κ2) is 7.32. The van der Waals surface area contributed by atoms with Gasteiger partial charge in [0.05, 0.1) is 11.5 Å². The molecule has 1 atom stereocenters. The Balaban J connectivity index is 1.70. The molecule has 0 spiro atoms. The van der Waals surface area contributed by atoms with Gasteiger partial charge in [0, 0.05) is 31.6 Å². The SMILES string of the molecule is Cc1ccc(-c2n[nH]c(=S)n2CCC(=O)N(C)[C@H]2CCS(=O)(=O)C2)cc1. The van der Waals surface area contributed by atoms with Crippen molar-refractivity contribution in [1.29, 1.82) is 0 Å². The van der Waals surface area contributed by atoms with Crippen LogP contribution in [0.3, 0.4) is 0 Å². The quantitative estimate of drug-likeness (QED) is 0.783. The number of nitrogens with one attached hydrogen (secondary N) is 1. The van der Waals surface area contributed by atoms with Gasteiger partial charge in [0.25, 0.3) is 0 Å². The first-order valence-corrected chi connectivity index (χ1v) is 10.7. The first-order chi connectivity index (χ1) is 12.3. The van der Waals surface area contributed by atoms with E-state index in [1.54, 1.807) is 16.5 Å². The molecule has 1 N–H and O–H groups in total. The van der Waals surface area contributed by atoms with E-state index in [0.29, 0.717) is 23.6 Å². The predicted molar refractivity (Wildman–Crippen MR) is 102 cm³/mol. The first kappa shape index (κ1) is 18.8. The van der Waals surface area contributed by atoms with Crippen molar-refractivity contribution in [3.8, 4) is 11.4 Å². The maximum atomic E-state index is 12.5. The van der Waals surface area contributed by atoms with Gasteiger partial charge in [-0.05, 0) is 25.6 Å². The minimum absolute atomic E-state index is 0.0506. The van der Waals surface area contributed by atoms with E-state index >= 15 is 0 Å². The fourth-order valence-electron chi connectivity index (χ4n) is 3.12. The molecule has 1 aliphatic rings. The average molecular weight is 395 g/mol. The van der Waals surface area contributed by atoms with Crippen LogP contribution in [0, 0.1) is 11.7 Å². The molecule has 1 amide bonds. The molecule has 7 nitrogen and oxygen atoms in total. The molecule has 0 saturated carbocycles. The van der Waals surface area contributed by atoms with Crippen molar-refractivity contribution >= 4 is 28.0 Å². The molecule has 0 aliphatic carbocycles. The summed E-state index contributed by atoms with van der Waals surface area (Å²) in [6, 6.07) is 7.69. The fourth-order valence-corrected chi connectivity index (χ4v) is 5.11. The van der Waals surface area contributed by atoms with Gasteiger partial charge in [-0.25, -0.2) is 8.42 Å². The van der Waals surface area contributed by atoms with Crippen molar-refractivity contribution in [1.82, 2.24) is 19.7 Å². The number of nitrogens with zero attached hydrogens (tertiary/aromatic N) is 3. The monoisotopic (exact) mass is 394 g/mol. The molecule has 26 heavy (non-hydrogen) atoms. The van der Waals surface area contributed by atoms with Crippen LogP contribution in [0.1, 0.15) is 18.4 Å². The predicted octanol–water partition coefficient (Wildman–Crippen LogP) is 1.95. The standard InChI is InChI=1S/C17H22N4O3S2/c1-12-3-5-13(6-4-12)16-18-19-17(25)21(16)9-7-15(22)20(2)14-8-10-26(23,24)11-14/h3-6,14H,7-11H2,1-2H3,(H,19,25)/t14-/m0/s1. The Hall–Kier alpha value is -2.00. The highest BCUT2D eigenvalue weighted by atomic mass is 32.2. The molecule has 9 heteroatoms. The van der Waals surface area contributed by atoms with Crippen LogP contribution in [0.25, 0.3) is 11.4 Å². The lowest BCUT2D eigenvalue weighted by molar-refractivity contribution is -0.131. The number of rotatable bonds is 5. The molecule has 0 radical (unpaired) electrons. The van der Waals surface area contributed by atoms with Crippen molar-refractivity contribution in [3.63, 3.8) is 0 Å². The third kappa shape index (κ3) is 4.04. The van der Waals surface area contributed by atoms with Crippen molar-refractivity contribution in [2.75, 3.05) is 18.6 Å². The molecule has 2 heterocycles. The Bertz CT molecular complexity index is 961. The van der Waals surface area contributed by atoms with E-state index in [1.807, 2.05) is 31.2 Å². The number of benzene rings is 1. The summed E-state index contributed by atoms with van der Waals surface area (Å²) < 4.78 is 25.5. The van der Waals surface area contributed by atoms with Crippen LogP contribution in [-0.4, -0.2) is 58.6 Å². The zero-order chi connectivity index (χ0) is 18.9. The molecule has 1 aromatic heterocycles. The van der Waals surface area contributed by atoms with Gasteiger partial charge in [-0.1, -0.05) is 29.8 Å². The molecule has 2 aromatic rings. The maximum absolute atomic E-state index is 12.5. The zero-order valence-electron chi connectivity index (χ0n) is 14.8. The summed E-state index contributed by atoms with van der Waals surface area (Å²) in [4.78, 5) is 14.0. The molecule has 0 bridgehead atoms. The summed E-state index contributed by atoms with van der Waals surface area (Å²) in [6.07, 6.45) is 0.740. The normalized spacial score (nSPS) is 18.8. The van der Waals surface area contributed by atoms with E-state index in [-0.39, 0.29) is 29.9 Å². The Kier molecular flexibility index (Phi) is 5.29. The summed E-state index contributed by atoms with van der Waals surface area (Å²) in [5, 5.41) is 7.06. The number of hydrogen-bond acceptors (Lipinski definition) is 5. The zero-order valence-corrected chi connectivity index (χ0v) is 16.4. The lowest BCUT2D eigenvalue weighted by Crippen LogP contribution is -2.38. The first-order valence-electron chi connectivity index (χ1n) is 8.45. The summed E-state index contributed by atoms with van der Waals surface area (Å²) in [5.74, 6) is 0.799. The maximum Gasteiger partial charge on any atom is 0.224 e. The van der Waals surface area contributed by atoms with Gasteiger partial charge in [-0.15, -0.1) is 0 Å². The van der Waals surface area contributed by atoms with Crippen LogP contribution >= 0.6 is 12.2 Å². The average Bonchev–Trinajstić information content (AvgIpc) is 3.15. The number of aromatic nitrogens is 3. The number of carbonyl (C=O) groups is 1. The van der Waals surface area contributed by atoms with Crippen LogP contribution in [0.2, 0.25) is 0 Å². The van der Waals surface area contributed by atoms with Crippen LogP contribution in [0.5, 0.6) is 0 Å². The molecular weight excluding hydrogens is 372 g/mol. The van der Waals surface area contributed by atoms with Gasteiger partial charge in [0.2, 0.25) is 5.91 Å². The van der Waals surface area contributed by atoms with Gasteiger partial charge in [0.1, 0.15) is 0 Å². The van der Waals surface area contributed by atoms with E-state index in [2.05, 4.69) is 10.2 Å². The number of amides is 1. The number of aryl methyl sites for hydroxylation is 1. The smallest absolute Gasteiger partial charge is 0.224 e. The Morgan fingerprint density at radius 2 is 2.08 bits per heavy atom. The Labute approximate surface area is 157 Å². The van der Waals surface area contributed by atoms with E-state index in [1.165, 1.54) is 0 Å². The van der Waals surface area contributed by atoms with E-state index in [9.17, 15) is 13.2 Å². The third-order valence-corrected chi connectivity index (χ3v) is 6.83. The van der Waals surface area contributed by atoms with Crippen molar-refractivity contribution in [2.45, 2.75) is 32.4 Å². The Morgan fingerprint density at radius 3 is 2.69 bits per heavy atom. The van der Waals surface area contributed by atoms with Gasteiger partial charge in [-0.3, -0.25) is 14.5 Å². The lowest BCUT2D eigenvalue weighted by atomic mass is 10.1. The highest BCUT2D eigenvalue weighted by Crippen LogP contribution is 2.20. The number of carbonyl (C=O) groups excluding carboxylic acids is 1. The van der Waals surface area contributed by atoms with Gasteiger partial charge >= 0.3 is 0 Å². The fraction of sp³-hybridized carbons (Fsp3) is 0.471. The van der Waals surface area contributed by atoms with Gasteiger partial charge < -0.3 is 4.90 Å². The minimum atomic E-state index is -3.02. The number of sulfone groups is 1. The van der Waals surface area contributed by atoms with Crippen LogP contribution in [0.4, 0.5) is 0 Å². The van der Waals surface area contributed by atoms with Gasteiger partial charge in [-0.2, -0.15) is 5.10 Å². The third-order valence-electron chi connectivity index (χ3n) is 4.77. The van der Waals surface area contributed by atoms with Crippen LogP contribution in [0.15, 0.2) is 24.3 Å². The summed E-state index contributed by atoms with van der Waals surface area (Å²) in [7, 11) is -1.35. The second-order valence-corrected chi connectivity index (χ2v) is 9.30. The molecular formula is C17H22N4O3S2. The minimum Gasteiger partial charge on any atom is -0.342 e. The molecule has 1 fully saturated rings. The second-order valence-electron chi connectivity index (χ2n) is 6.68. The molecule has 0 unspecified atom stereocenters. The number of aromatic amines is 1. The topological polar surface area (TPSA) is 88.1 Å². The molecule has 140 valence electrons. The summed E-state index contributed by atoms with van der Waals surface area (Å²) in [5.41, 5.74) is 2.07. The van der Waals surface area contributed by atoms with Gasteiger partial charge in [0.15, 0.2) is 20.4 Å². The van der Waals surface area contributed by atoms with E-state index in [4.69, 9.17) is 12.2 Å². The van der Waals surface area contributed by atoms with E-state index in [0.717, 1.165) is 11.1 Å². The highest BCUT2D eigenvalue weighted by Gasteiger charge is 2.32. The van der Waals surface area contributed by atoms with Crippen molar-refractivity contribution in [2.24, 2.45) is 0 Å². The Morgan fingerprint density at radius 1 is 1.38 bits per heavy atom.